The summed E-state index contributed by atoms with van der Waals surface area (Å²) in [5.41, 5.74) is 0. The second-order valence-corrected chi connectivity index (χ2v) is 3.20. The second kappa shape index (κ2) is 5.56. The predicted molar refractivity (Wildman–Crippen MR) is 49.2 cm³/mol. The van der Waals surface area contributed by atoms with Crippen molar-refractivity contribution in [2.75, 3.05) is 20.1 Å². The summed E-state index contributed by atoms with van der Waals surface area (Å²) < 4.78 is 41.2. The van der Waals surface area contributed by atoms with E-state index in [9.17, 15) is 13.2 Å². The van der Waals surface area contributed by atoms with Crippen LogP contribution in [-0.4, -0.2) is 43.4 Å². The number of nitrogens with zero attached hydrogens (tertiary/aromatic N) is 1. The summed E-state index contributed by atoms with van der Waals surface area (Å²) >= 11 is 0. The van der Waals surface area contributed by atoms with Crippen molar-refractivity contribution in [1.29, 1.82) is 0 Å². The fraction of sp³-hybridized carbons (Fsp3) is 1.00. The molecule has 1 fully saturated rings. The minimum atomic E-state index is -4.23. The van der Waals surface area contributed by atoms with E-state index in [4.69, 9.17) is 4.74 Å². The molecule has 0 aliphatic carbocycles. The van der Waals surface area contributed by atoms with Crippen LogP contribution in [0.15, 0.2) is 0 Å². The molecule has 2 unspecified atom stereocenters. The minimum Gasteiger partial charge on any atom is -0.363 e. The zero-order chi connectivity index (χ0) is 11.4. The van der Waals surface area contributed by atoms with Gasteiger partial charge in [-0.1, -0.05) is 13.8 Å². The van der Waals surface area contributed by atoms with Crippen LogP contribution in [0.1, 0.15) is 20.8 Å². The molecule has 1 rings (SSSR count). The first-order chi connectivity index (χ1) is 6.39. The van der Waals surface area contributed by atoms with Crippen LogP contribution in [0, 0.1) is 0 Å². The van der Waals surface area contributed by atoms with Gasteiger partial charge in [-0.15, -0.1) is 0 Å². The molecular weight excluding hydrogens is 195 g/mol. The lowest BCUT2D eigenvalue weighted by Crippen LogP contribution is -2.50. The Labute approximate surface area is 83.0 Å². The molecule has 1 saturated heterocycles. The van der Waals surface area contributed by atoms with Gasteiger partial charge >= 0.3 is 6.18 Å². The molecule has 0 spiro atoms. The van der Waals surface area contributed by atoms with Crippen LogP contribution >= 0.6 is 0 Å². The molecule has 1 heterocycles. The highest BCUT2D eigenvalue weighted by molar-refractivity contribution is 4.78. The molecule has 1 aliphatic rings. The van der Waals surface area contributed by atoms with Gasteiger partial charge < -0.3 is 9.64 Å². The molecule has 2 atom stereocenters. The van der Waals surface area contributed by atoms with Crippen LogP contribution in [0.5, 0.6) is 0 Å². The molecule has 0 aromatic carbocycles. The summed E-state index contributed by atoms with van der Waals surface area (Å²) in [6.45, 7) is 6.15. The number of halogens is 3. The third-order valence-electron chi connectivity index (χ3n) is 1.81. The van der Waals surface area contributed by atoms with E-state index in [1.54, 1.807) is 18.9 Å². The normalized spacial score (nSPS) is 29.4. The Morgan fingerprint density at radius 1 is 1.21 bits per heavy atom. The fourth-order valence-corrected chi connectivity index (χ4v) is 1.34. The Balaban J connectivity index is 0.000000791. The highest BCUT2D eigenvalue weighted by atomic mass is 19.4. The number of likely N-dealkylation sites (N-methyl/N-ethyl adjacent to an activating group) is 1. The van der Waals surface area contributed by atoms with Gasteiger partial charge in [0.05, 0.1) is 6.10 Å². The predicted octanol–water partition coefficient (Wildman–Crippen LogP) is 2.29. The maximum atomic E-state index is 12.1. The van der Waals surface area contributed by atoms with Crippen molar-refractivity contribution in [2.45, 2.75) is 39.2 Å². The van der Waals surface area contributed by atoms with E-state index in [0.29, 0.717) is 6.54 Å². The topological polar surface area (TPSA) is 12.5 Å². The Kier molecular flexibility index (Phi) is 5.44. The Morgan fingerprint density at radius 2 is 1.71 bits per heavy atom. The average Bonchev–Trinajstić information content (AvgIpc) is 2.04. The number of hydrogen-bond acceptors (Lipinski definition) is 2. The molecule has 86 valence electrons. The van der Waals surface area contributed by atoms with E-state index in [2.05, 4.69) is 0 Å². The summed E-state index contributed by atoms with van der Waals surface area (Å²) in [6.07, 6.45) is -6.19. The van der Waals surface area contributed by atoms with Gasteiger partial charge in [-0.3, -0.25) is 0 Å². The molecule has 5 heteroatoms. The number of morpholine rings is 1. The van der Waals surface area contributed by atoms with Gasteiger partial charge in [0.15, 0.2) is 6.10 Å². The van der Waals surface area contributed by atoms with Gasteiger partial charge in [0.1, 0.15) is 0 Å². The maximum absolute atomic E-state index is 12.1. The number of ether oxygens (including phenoxy) is 1. The van der Waals surface area contributed by atoms with E-state index in [-0.39, 0.29) is 12.6 Å². The first-order valence-corrected chi connectivity index (χ1v) is 4.80. The van der Waals surface area contributed by atoms with Gasteiger partial charge in [0, 0.05) is 13.1 Å². The number of alkyl halides is 3. The summed E-state index contributed by atoms with van der Waals surface area (Å²) in [4.78, 5) is 1.63. The molecule has 0 N–H and O–H groups in total. The van der Waals surface area contributed by atoms with Crippen LogP contribution in [0.25, 0.3) is 0 Å². The SMILES string of the molecule is CC.CC1CN(C)CC(C(F)(F)F)O1. The Bertz CT molecular complexity index is 151. The summed E-state index contributed by atoms with van der Waals surface area (Å²) in [5.74, 6) is 0. The summed E-state index contributed by atoms with van der Waals surface area (Å²) in [6, 6.07) is 0. The lowest BCUT2D eigenvalue weighted by molar-refractivity contribution is -0.249. The molecule has 0 aromatic rings. The van der Waals surface area contributed by atoms with E-state index < -0.39 is 12.3 Å². The molecule has 0 bridgehead atoms. The average molecular weight is 213 g/mol. The molecule has 2 nitrogen and oxygen atoms in total. The largest absolute Gasteiger partial charge is 0.415 e. The molecular formula is C9H18F3NO. The number of hydrogen-bond donors (Lipinski definition) is 0. The smallest absolute Gasteiger partial charge is 0.363 e. The monoisotopic (exact) mass is 213 g/mol. The van der Waals surface area contributed by atoms with Crippen LogP contribution in [0.4, 0.5) is 13.2 Å². The fourth-order valence-electron chi connectivity index (χ4n) is 1.34. The van der Waals surface area contributed by atoms with Crippen LogP contribution < -0.4 is 0 Å². The summed E-state index contributed by atoms with van der Waals surface area (Å²) in [5, 5.41) is 0. The minimum absolute atomic E-state index is 0.0617. The van der Waals surface area contributed by atoms with Crippen LogP contribution in [-0.2, 0) is 4.74 Å². The third kappa shape index (κ3) is 4.28. The molecule has 0 aromatic heterocycles. The molecule has 0 radical (unpaired) electrons. The molecule has 14 heavy (non-hydrogen) atoms. The van der Waals surface area contributed by atoms with Crippen LogP contribution in [0.2, 0.25) is 0 Å². The van der Waals surface area contributed by atoms with Crippen molar-refractivity contribution in [3.8, 4) is 0 Å². The lowest BCUT2D eigenvalue weighted by Gasteiger charge is -2.35. The lowest BCUT2D eigenvalue weighted by atomic mass is 10.2. The Morgan fingerprint density at radius 3 is 2.07 bits per heavy atom. The van der Waals surface area contributed by atoms with Crippen molar-refractivity contribution >= 4 is 0 Å². The van der Waals surface area contributed by atoms with Gasteiger partial charge in [-0.25, -0.2) is 0 Å². The van der Waals surface area contributed by atoms with Crippen molar-refractivity contribution in [2.24, 2.45) is 0 Å². The summed E-state index contributed by atoms with van der Waals surface area (Å²) in [7, 11) is 1.66. The van der Waals surface area contributed by atoms with Gasteiger partial charge in [-0.2, -0.15) is 13.2 Å². The third-order valence-corrected chi connectivity index (χ3v) is 1.81. The maximum Gasteiger partial charge on any atom is 0.415 e. The van der Waals surface area contributed by atoms with Crippen molar-refractivity contribution in [3.05, 3.63) is 0 Å². The van der Waals surface area contributed by atoms with E-state index in [0.717, 1.165) is 0 Å². The van der Waals surface area contributed by atoms with Crippen LogP contribution in [0.3, 0.4) is 0 Å². The van der Waals surface area contributed by atoms with Gasteiger partial charge in [0.25, 0.3) is 0 Å². The van der Waals surface area contributed by atoms with Crippen molar-refractivity contribution < 1.29 is 17.9 Å². The van der Waals surface area contributed by atoms with Crippen molar-refractivity contribution in [3.63, 3.8) is 0 Å². The first kappa shape index (κ1) is 13.7. The highest BCUT2D eigenvalue weighted by Crippen LogP contribution is 2.26. The Hall–Kier alpha value is -0.290. The molecule has 0 saturated carbocycles. The quantitative estimate of drug-likeness (QED) is 0.612. The standard InChI is InChI=1S/C7H12F3NO.C2H6/c1-5-3-11(2)4-6(12-5)7(8,9)10;1-2/h5-6H,3-4H2,1-2H3;1-2H3. The zero-order valence-electron chi connectivity index (χ0n) is 9.06. The van der Waals surface area contributed by atoms with E-state index in [1.807, 2.05) is 13.8 Å². The number of rotatable bonds is 0. The second-order valence-electron chi connectivity index (χ2n) is 3.20. The van der Waals surface area contributed by atoms with E-state index in [1.165, 1.54) is 0 Å². The van der Waals surface area contributed by atoms with Gasteiger partial charge in [-0.05, 0) is 14.0 Å². The highest BCUT2D eigenvalue weighted by Gasteiger charge is 2.44. The van der Waals surface area contributed by atoms with Crippen molar-refractivity contribution in [1.82, 2.24) is 4.90 Å². The molecule has 0 amide bonds. The first-order valence-electron chi connectivity index (χ1n) is 4.80. The zero-order valence-corrected chi connectivity index (χ0v) is 9.06. The molecule has 1 aliphatic heterocycles. The van der Waals surface area contributed by atoms with Gasteiger partial charge in [0.2, 0.25) is 0 Å². The van der Waals surface area contributed by atoms with E-state index >= 15 is 0 Å².